The number of nitrogens with zero attached hydrogens (tertiary/aromatic N) is 2. The smallest absolute Gasteiger partial charge is 0.271 e. The first-order valence-corrected chi connectivity index (χ1v) is 6.06. The predicted molar refractivity (Wildman–Crippen MR) is 77.9 cm³/mol. The molecule has 20 heavy (non-hydrogen) atoms. The summed E-state index contributed by atoms with van der Waals surface area (Å²) in [4.78, 5) is 19.4. The normalized spacial score (nSPS) is 10.6. The van der Waals surface area contributed by atoms with Crippen LogP contribution in [0.5, 0.6) is 0 Å². The molecule has 0 unspecified atom stereocenters. The molecule has 0 aliphatic heterocycles. The molecule has 0 aliphatic carbocycles. The van der Waals surface area contributed by atoms with Crippen LogP contribution in [0.1, 0.15) is 10.5 Å². The van der Waals surface area contributed by atoms with Gasteiger partial charge in [0, 0.05) is 5.56 Å². The molecule has 5 nitrogen and oxygen atoms in total. The van der Waals surface area contributed by atoms with E-state index in [2.05, 4.69) is 9.97 Å². The Hall–Kier alpha value is -2.95. The minimum absolute atomic E-state index is 0.00402. The number of aromatic nitrogens is 2. The second-order valence-electron chi connectivity index (χ2n) is 4.42. The maximum atomic E-state index is 11.3. The summed E-state index contributed by atoms with van der Waals surface area (Å²) in [5, 5.41) is 2.22. The Morgan fingerprint density at radius 2 is 1.80 bits per heavy atom. The Bertz CT molecular complexity index is 814. The van der Waals surface area contributed by atoms with Gasteiger partial charge in [0.25, 0.3) is 5.91 Å². The minimum Gasteiger partial charge on any atom is -0.382 e. The highest BCUT2D eigenvalue weighted by atomic mass is 16.1. The van der Waals surface area contributed by atoms with E-state index in [1.54, 1.807) is 0 Å². The molecule has 5 heteroatoms. The number of amides is 1. The Kier molecular flexibility index (Phi) is 2.80. The lowest BCUT2D eigenvalue weighted by atomic mass is 10.1. The van der Waals surface area contributed by atoms with Gasteiger partial charge in [0.15, 0.2) is 11.5 Å². The Morgan fingerprint density at radius 3 is 2.55 bits per heavy atom. The topological polar surface area (TPSA) is 94.9 Å². The van der Waals surface area contributed by atoms with Gasteiger partial charge in [-0.25, -0.2) is 9.97 Å². The van der Waals surface area contributed by atoms with Crippen LogP contribution in [0.3, 0.4) is 0 Å². The fraction of sp³-hybridized carbons (Fsp3) is 0. The van der Waals surface area contributed by atoms with E-state index < -0.39 is 5.91 Å². The number of fused-ring (bicyclic) bond motifs is 1. The summed E-state index contributed by atoms with van der Waals surface area (Å²) >= 11 is 0. The number of primary amides is 1. The van der Waals surface area contributed by atoms with Gasteiger partial charge in [0.2, 0.25) is 0 Å². The van der Waals surface area contributed by atoms with E-state index in [0.717, 1.165) is 16.3 Å². The molecule has 0 bridgehead atoms. The highest BCUT2D eigenvalue weighted by Crippen LogP contribution is 2.23. The summed E-state index contributed by atoms with van der Waals surface area (Å²) in [6.07, 6.45) is 1.53. The van der Waals surface area contributed by atoms with E-state index >= 15 is 0 Å². The maximum absolute atomic E-state index is 11.3. The van der Waals surface area contributed by atoms with E-state index in [4.69, 9.17) is 11.5 Å². The van der Waals surface area contributed by atoms with Crippen molar-refractivity contribution in [2.24, 2.45) is 5.73 Å². The number of hydrogen-bond acceptors (Lipinski definition) is 4. The van der Waals surface area contributed by atoms with Gasteiger partial charge >= 0.3 is 0 Å². The highest BCUT2D eigenvalue weighted by molar-refractivity contribution is 5.95. The van der Waals surface area contributed by atoms with Crippen molar-refractivity contribution >= 4 is 22.5 Å². The summed E-state index contributed by atoms with van der Waals surface area (Å²) in [7, 11) is 0. The van der Waals surface area contributed by atoms with Crippen molar-refractivity contribution < 1.29 is 4.79 Å². The third kappa shape index (κ3) is 2.05. The summed E-state index contributed by atoms with van der Waals surface area (Å²) in [6.45, 7) is 0. The Labute approximate surface area is 115 Å². The lowest BCUT2D eigenvalue weighted by Gasteiger charge is -2.06. The second-order valence-corrected chi connectivity index (χ2v) is 4.42. The fourth-order valence-corrected chi connectivity index (χ4v) is 2.07. The molecular formula is C15H12N4O. The number of hydrogen-bond donors (Lipinski definition) is 2. The van der Waals surface area contributed by atoms with Gasteiger partial charge in [-0.1, -0.05) is 36.4 Å². The monoisotopic (exact) mass is 264 g/mol. The van der Waals surface area contributed by atoms with Crippen LogP contribution in [-0.4, -0.2) is 15.9 Å². The van der Waals surface area contributed by atoms with Crippen molar-refractivity contribution in [1.29, 1.82) is 0 Å². The molecular weight excluding hydrogens is 252 g/mol. The van der Waals surface area contributed by atoms with Gasteiger partial charge in [0.05, 0.1) is 11.9 Å². The van der Waals surface area contributed by atoms with E-state index in [1.165, 1.54) is 6.20 Å². The van der Waals surface area contributed by atoms with Crippen LogP contribution in [0.4, 0.5) is 5.82 Å². The molecule has 3 aromatic rings. The van der Waals surface area contributed by atoms with Crippen molar-refractivity contribution in [3.05, 3.63) is 54.4 Å². The zero-order chi connectivity index (χ0) is 14.1. The lowest BCUT2D eigenvalue weighted by molar-refractivity contribution is 0.0996. The maximum Gasteiger partial charge on any atom is 0.271 e. The average molecular weight is 264 g/mol. The molecule has 1 aromatic heterocycles. The number of carbonyl (C=O) groups is 1. The molecule has 0 radical (unpaired) electrons. The van der Waals surface area contributed by atoms with Crippen molar-refractivity contribution in [3.63, 3.8) is 0 Å². The quantitative estimate of drug-likeness (QED) is 0.739. The molecule has 0 saturated heterocycles. The molecule has 3 rings (SSSR count). The zero-order valence-corrected chi connectivity index (χ0v) is 10.6. The first-order valence-electron chi connectivity index (χ1n) is 6.06. The number of nitrogen functional groups attached to an aromatic ring is 1. The largest absolute Gasteiger partial charge is 0.382 e. The van der Waals surface area contributed by atoms with Crippen molar-refractivity contribution in [3.8, 4) is 11.3 Å². The van der Waals surface area contributed by atoms with E-state index in [-0.39, 0.29) is 11.5 Å². The predicted octanol–water partition coefficient (Wildman–Crippen LogP) is 1.98. The number of nitrogens with two attached hydrogens (primary N) is 2. The number of benzene rings is 2. The third-order valence-electron chi connectivity index (χ3n) is 3.08. The highest BCUT2D eigenvalue weighted by Gasteiger charge is 2.11. The fourth-order valence-electron chi connectivity index (χ4n) is 2.07. The lowest BCUT2D eigenvalue weighted by Crippen LogP contribution is -2.17. The Balaban J connectivity index is 2.15. The van der Waals surface area contributed by atoms with Gasteiger partial charge in [-0.05, 0) is 16.8 Å². The van der Waals surface area contributed by atoms with Crippen molar-refractivity contribution in [1.82, 2.24) is 9.97 Å². The molecule has 4 N–H and O–H groups in total. The van der Waals surface area contributed by atoms with Crippen LogP contribution < -0.4 is 11.5 Å². The molecule has 0 aliphatic rings. The van der Waals surface area contributed by atoms with E-state index in [1.807, 2.05) is 42.5 Å². The first-order chi connectivity index (χ1) is 9.65. The summed E-state index contributed by atoms with van der Waals surface area (Å²) in [5.41, 5.74) is 12.2. The van der Waals surface area contributed by atoms with E-state index in [0.29, 0.717) is 5.69 Å². The summed E-state index contributed by atoms with van der Waals surface area (Å²) in [5.74, 6) is -0.639. The minimum atomic E-state index is -0.683. The van der Waals surface area contributed by atoms with Crippen LogP contribution in [0.25, 0.3) is 22.0 Å². The number of carbonyl (C=O) groups excluding carboxylic acids is 1. The second kappa shape index (κ2) is 4.62. The average Bonchev–Trinajstić information content (AvgIpc) is 2.47. The van der Waals surface area contributed by atoms with Crippen LogP contribution in [0, 0.1) is 0 Å². The number of rotatable bonds is 2. The van der Waals surface area contributed by atoms with Crippen LogP contribution in [0.15, 0.2) is 48.7 Å². The standard InChI is InChI=1S/C15H12N4O/c16-14-13(15(17)20)19-12(8-18-14)11-6-5-9-3-1-2-4-10(9)7-11/h1-8H,(H2,16,18)(H2,17,20). The molecule has 2 aromatic carbocycles. The molecule has 0 spiro atoms. The van der Waals surface area contributed by atoms with Gasteiger partial charge in [-0.3, -0.25) is 4.79 Å². The Morgan fingerprint density at radius 1 is 1.05 bits per heavy atom. The SMILES string of the molecule is NC(=O)c1nc(-c2ccc3ccccc3c2)cnc1N. The zero-order valence-electron chi connectivity index (χ0n) is 10.6. The van der Waals surface area contributed by atoms with Crippen molar-refractivity contribution in [2.45, 2.75) is 0 Å². The molecule has 0 saturated carbocycles. The van der Waals surface area contributed by atoms with Crippen LogP contribution in [0.2, 0.25) is 0 Å². The van der Waals surface area contributed by atoms with Gasteiger partial charge in [-0.2, -0.15) is 0 Å². The van der Waals surface area contributed by atoms with Gasteiger partial charge in [-0.15, -0.1) is 0 Å². The van der Waals surface area contributed by atoms with Crippen LogP contribution >= 0.6 is 0 Å². The van der Waals surface area contributed by atoms with Crippen LogP contribution in [-0.2, 0) is 0 Å². The first kappa shape index (κ1) is 12.1. The van der Waals surface area contributed by atoms with Gasteiger partial charge < -0.3 is 11.5 Å². The molecule has 0 atom stereocenters. The van der Waals surface area contributed by atoms with Crippen molar-refractivity contribution in [2.75, 3.05) is 5.73 Å². The molecule has 1 heterocycles. The summed E-state index contributed by atoms with van der Waals surface area (Å²) in [6, 6.07) is 13.9. The van der Waals surface area contributed by atoms with Gasteiger partial charge in [0.1, 0.15) is 0 Å². The molecule has 0 fully saturated rings. The molecule has 98 valence electrons. The third-order valence-corrected chi connectivity index (χ3v) is 3.08. The van der Waals surface area contributed by atoms with E-state index in [9.17, 15) is 4.79 Å². The molecule has 1 amide bonds. The number of anilines is 1. The summed E-state index contributed by atoms with van der Waals surface area (Å²) < 4.78 is 0.